The Labute approximate surface area is 259 Å². The lowest BCUT2D eigenvalue weighted by Crippen LogP contribution is -2.22. The molecule has 0 spiro atoms. The van der Waals surface area contributed by atoms with Gasteiger partial charge in [0.25, 0.3) is 5.24 Å². The fraction of sp³-hybridized carbons (Fsp3) is 0.448. The lowest BCUT2D eigenvalue weighted by molar-refractivity contribution is -0.110. The maximum atomic E-state index is 12.5. The molecule has 2 N–H and O–H groups in total. The Bertz CT molecular complexity index is 1190. The van der Waals surface area contributed by atoms with Gasteiger partial charge in [-0.15, -0.1) is 0 Å². The monoisotopic (exact) mass is 632 g/mol. The minimum absolute atomic E-state index is 0.0648. The van der Waals surface area contributed by atoms with Gasteiger partial charge in [0.2, 0.25) is 17.3 Å². The normalized spacial score (nSPS) is 11.2. The van der Waals surface area contributed by atoms with Crippen molar-refractivity contribution in [2.24, 2.45) is 9.98 Å². The summed E-state index contributed by atoms with van der Waals surface area (Å²) >= 11 is 6.34. The summed E-state index contributed by atoms with van der Waals surface area (Å²) in [6.07, 6.45) is 4.20. The molecule has 0 aliphatic rings. The van der Waals surface area contributed by atoms with Gasteiger partial charge in [0.05, 0.1) is 19.6 Å². The van der Waals surface area contributed by atoms with Crippen molar-refractivity contribution in [3.05, 3.63) is 70.8 Å². The molecule has 41 heavy (non-hydrogen) atoms. The van der Waals surface area contributed by atoms with Crippen molar-refractivity contribution in [2.45, 2.75) is 44.8 Å². The zero-order valence-electron chi connectivity index (χ0n) is 23.1. The van der Waals surface area contributed by atoms with Crippen molar-refractivity contribution >= 4 is 69.6 Å². The van der Waals surface area contributed by atoms with Gasteiger partial charge < -0.3 is 10.6 Å². The summed E-state index contributed by atoms with van der Waals surface area (Å²) in [5, 5.41) is 6.48. The smallest absolute Gasteiger partial charge is 0.279 e. The first kappa shape index (κ1) is 34.9. The van der Waals surface area contributed by atoms with Gasteiger partial charge in [-0.1, -0.05) is 79.0 Å². The van der Waals surface area contributed by atoms with E-state index in [0.29, 0.717) is 30.6 Å². The number of carbonyl (C=O) groups excluding carboxylic acids is 4. The summed E-state index contributed by atoms with van der Waals surface area (Å²) in [4.78, 5) is 52.6. The lowest BCUT2D eigenvalue weighted by atomic mass is 10.1. The number of hydrogen-bond donors (Lipinski definition) is 2. The highest BCUT2D eigenvalue weighted by atomic mass is 32.2. The minimum Gasteiger partial charge on any atom is -0.343 e. The van der Waals surface area contributed by atoms with Crippen LogP contribution in [0.5, 0.6) is 0 Å². The van der Waals surface area contributed by atoms with E-state index in [4.69, 9.17) is 0 Å². The molecule has 2 rings (SSSR count). The quantitative estimate of drug-likeness (QED) is 0.109. The Morgan fingerprint density at radius 1 is 0.829 bits per heavy atom. The molecule has 8 nitrogen and oxygen atoms in total. The van der Waals surface area contributed by atoms with Gasteiger partial charge in [-0.25, -0.2) is 19.6 Å². The third kappa shape index (κ3) is 16.7. The van der Waals surface area contributed by atoms with Crippen LogP contribution in [0, 0.1) is 0 Å². The van der Waals surface area contributed by atoms with E-state index in [0.717, 1.165) is 51.7 Å². The molecule has 12 heteroatoms. The average molecular weight is 633 g/mol. The molecule has 0 heterocycles. The second-order valence-corrected chi connectivity index (χ2v) is 13.5. The molecule has 0 aliphatic carbocycles. The highest BCUT2D eigenvalue weighted by Crippen LogP contribution is 2.23. The predicted molar refractivity (Wildman–Crippen MR) is 174 cm³/mol. The Balaban J connectivity index is 1.67. The van der Waals surface area contributed by atoms with E-state index in [2.05, 4.69) is 27.5 Å². The van der Waals surface area contributed by atoms with Crippen LogP contribution in [-0.2, 0) is 40.6 Å². The number of nitrogens with one attached hydrogen (secondary N) is 2. The zero-order valence-corrected chi connectivity index (χ0v) is 26.4. The molecule has 2 aromatic carbocycles. The molecule has 0 aliphatic heterocycles. The summed E-state index contributed by atoms with van der Waals surface area (Å²) < 4.78 is 0. The van der Waals surface area contributed by atoms with E-state index in [1.54, 1.807) is 12.2 Å². The van der Waals surface area contributed by atoms with Crippen LogP contribution < -0.4 is 10.6 Å². The van der Waals surface area contributed by atoms with Gasteiger partial charge in [0.15, 0.2) is 0 Å². The van der Waals surface area contributed by atoms with E-state index in [9.17, 15) is 19.2 Å². The van der Waals surface area contributed by atoms with Gasteiger partial charge in [-0.05, 0) is 34.4 Å². The number of hydrogen-bond acceptors (Lipinski definition) is 11. The van der Waals surface area contributed by atoms with Gasteiger partial charge in [-0.3, -0.25) is 9.59 Å². The van der Waals surface area contributed by atoms with Crippen LogP contribution in [0.3, 0.4) is 0 Å². The molecule has 0 radical (unpaired) electrons. The van der Waals surface area contributed by atoms with Crippen molar-refractivity contribution in [1.82, 2.24) is 10.6 Å². The summed E-state index contributed by atoms with van der Waals surface area (Å²) in [7, 11) is 0. The SMILES string of the molecule is CCCSCC(CSC(=O)NCc1cccc(CN=C=O)c1)SCCSC(=O)CNCc1cccc(CN=C=O)c1. The summed E-state index contributed by atoms with van der Waals surface area (Å²) in [5.74, 6) is 4.32. The van der Waals surface area contributed by atoms with Crippen LogP contribution in [0.4, 0.5) is 4.79 Å². The Hall–Kier alpha value is -2.30. The lowest BCUT2D eigenvalue weighted by Gasteiger charge is -2.16. The van der Waals surface area contributed by atoms with E-state index in [1.807, 2.05) is 72.1 Å². The number of nitrogens with zero attached hydrogens (tertiary/aromatic N) is 2. The molecule has 220 valence electrons. The van der Waals surface area contributed by atoms with Crippen LogP contribution in [-0.4, -0.2) is 63.1 Å². The van der Waals surface area contributed by atoms with Crippen molar-refractivity contribution in [2.75, 3.05) is 35.3 Å². The van der Waals surface area contributed by atoms with Gasteiger partial charge in [0.1, 0.15) is 0 Å². The molecule has 1 unspecified atom stereocenters. The van der Waals surface area contributed by atoms with Crippen LogP contribution in [0.2, 0.25) is 0 Å². The second-order valence-electron chi connectivity index (χ2n) is 8.80. The first-order valence-corrected chi connectivity index (χ1v) is 17.4. The number of isocyanates is 2. The third-order valence-electron chi connectivity index (χ3n) is 5.42. The predicted octanol–water partition coefficient (Wildman–Crippen LogP) is 5.60. The molecule has 0 saturated carbocycles. The maximum absolute atomic E-state index is 12.5. The number of thioether (sulfide) groups is 4. The molecule has 0 bridgehead atoms. The summed E-state index contributed by atoms with van der Waals surface area (Å²) in [6.45, 7) is 4.01. The molecule has 2 aromatic rings. The minimum atomic E-state index is -0.0648. The van der Waals surface area contributed by atoms with Gasteiger partial charge in [-0.2, -0.15) is 23.5 Å². The van der Waals surface area contributed by atoms with E-state index in [1.165, 1.54) is 23.5 Å². The number of amides is 1. The Morgan fingerprint density at radius 3 is 2.10 bits per heavy atom. The van der Waals surface area contributed by atoms with Crippen LogP contribution in [0.25, 0.3) is 0 Å². The molecule has 0 fully saturated rings. The number of carbonyl (C=O) groups is 2. The summed E-state index contributed by atoms with van der Waals surface area (Å²) in [5.41, 5.74) is 3.82. The zero-order chi connectivity index (χ0) is 29.5. The van der Waals surface area contributed by atoms with Crippen LogP contribution in [0.15, 0.2) is 58.5 Å². The maximum Gasteiger partial charge on any atom is 0.279 e. The number of benzene rings is 2. The first-order chi connectivity index (χ1) is 20.0. The molecular formula is C29H36N4O4S4. The van der Waals surface area contributed by atoms with Crippen molar-refractivity contribution in [1.29, 1.82) is 0 Å². The fourth-order valence-electron chi connectivity index (χ4n) is 3.55. The van der Waals surface area contributed by atoms with Crippen LogP contribution in [0.1, 0.15) is 35.6 Å². The van der Waals surface area contributed by atoms with Crippen LogP contribution >= 0.6 is 47.0 Å². The second kappa shape index (κ2) is 22.3. The Morgan fingerprint density at radius 2 is 1.46 bits per heavy atom. The first-order valence-electron chi connectivity index (χ1n) is 13.2. The fourth-order valence-corrected chi connectivity index (χ4v) is 7.91. The topological polar surface area (TPSA) is 117 Å². The molecule has 1 atom stereocenters. The third-order valence-corrected chi connectivity index (χ3v) is 10.5. The molecular weight excluding hydrogens is 597 g/mol. The van der Waals surface area contributed by atoms with E-state index < -0.39 is 0 Å². The number of aliphatic imine (C=N–C) groups is 2. The Kier molecular flexibility index (Phi) is 19.0. The summed E-state index contributed by atoms with van der Waals surface area (Å²) in [6, 6.07) is 15.4. The molecule has 0 aromatic heterocycles. The van der Waals surface area contributed by atoms with E-state index in [-0.39, 0.29) is 23.4 Å². The van der Waals surface area contributed by atoms with Crippen molar-refractivity contribution in [3.8, 4) is 0 Å². The standard InChI is InChI=1S/C29H36N4O4S4/c1-2-9-38-19-27(20-41-29(37)33-17-26-8-4-7-25(13-26)16-32-22-35)39-10-11-40-28(36)18-30-14-23-5-3-6-24(12-23)15-31-21-34/h3-8,12-13,27,30H,2,9-11,14-20H2,1H3,(H,33,37). The van der Waals surface area contributed by atoms with Gasteiger partial charge >= 0.3 is 0 Å². The largest absolute Gasteiger partial charge is 0.343 e. The number of rotatable bonds is 20. The van der Waals surface area contributed by atoms with Crippen molar-refractivity contribution < 1.29 is 19.2 Å². The molecule has 0 saturated heterocycles. The highest BCUT2D eigenvalue weighted by Gasteiger charge is 2.14. The van der Waals surface area contributed by atoms with E-state index >= 15 is 0 Å². The van der Waals surface area contributed by atoms with Crippen molar-refractivity contribution in [3.63, 3.8) is 0 Å². The van der Waals surface area contributed by atoms with Gasteiger partial charge in [0, 0.05) is 41.4 Å². The average Bonchev–Trinajstić information content (AvgIpc) is 2.99. The highest BCUT2D eigenvalue weighted by molar-refractivity contribution is 8.15. The molecule has 1 amide bonds.